The van der Waals surface area contributed by atoms with E-state index in [9.17, 15) is 14.7 Å². The minimum Gasteiger partial charge on any atom is -0.508 e. The maximum Gasteiger partial charge on any atom is 0.309 e. The van der Waals surface area contributed by atoms with E-state index in [-0.39, 0.29) is 46.7 Å². The summed E-state index contributed by atoms with van der Waals surface area (Å²) in [6.45, 7) is 11.4. The molecule has 1 N–H and O–H groups in total. The summed E-state index contributed by atoms with van der Waals surface area (Å²) in [6.07, 6.45) is 4.46. The van der Waals surface area contributed by atoms with Crippen LogP contribution < -0.4 is 0 Å². The van der Waals surface area contributed by atoms with Gasteiger partial charge in [0.25, 0.3) is 0 Å². The van der Waals surface area contributed by atoms with Gasteiger partial charge < -0.3 is 14.7 Å². The smallest absolute Gasteiger partial charge is 0.309 e. The number of amides is 1. The van der Waals surface area contributed by atoms with Crippen LogP contribution in [-0.4, -0.2) is 40.6 Å². The second-order valence-corrected chi connectivity index (χ2v) is 10.9. The zero-order valence-corrected chi connectivity index (χ0v) is 19.6. The monoisotopic (exact) mass is 427 g/mol. The lowest BCUT2D eigenvalue weighted by Crippen LogP contribution is -2.65. The number of nitrogens with zero attached hydrogens (tertiary/aromatic N) is 1. The van der Waals surface area contributed by atoms with Gasteiger partial charge in [0, 0.05) is 23.9 Å². The van der Waals surface area contributed by atoms with E-state index in [0.29, 0.717) is 12.2 Å². The zero-order valence-electron chi connectivity index (χ0n) is 19.6. The van der Waals surface area contributed by atoms with Gasteiger partial charge in [0.2, 0.25) is 5.91 Å². The summed E-state index contributed by atoms with van der Waals surface area (Å²) < 4.78 is 5.38. The molecule has 1 saturated carbocycles. The number of phenolic OH excluding ortho intramolecular Hbond substituents is 1. The van der Waals surface area contributed by atoms with Crippen LogP contribution >= 0.6 is 0 Å². The topological polar surface area (TPSA) is 66.8 Å². The van der Waals surface area contributed by atoms with Crippen LogP contribution in [0.5, 0.6) is 5.75 Å². The highest BCUT2D eigenvalue weighted by Gasteiger charge is 2.57. The van der Waals surface area contributed by atoms with E-state index in [2.05, 4.69) is 31.7 Å². The van der Waals surface area contributed by atoms with Gasteiger partial charge in [-0.3, -0.25) is 9.59 Å². The average Bonchev–Trinajstić information content (AvgIpc) is 2.70. The number of fused-ring (bicyclic) bond motifs is 4. The third-order valence-electron chi connectivity index (χ3n) is 8.67. The first-order chi connectivity index (χ1) is 14.6. The lowest BCUT2D eigenvalue weighted by Gasteiger charge is -2.61. The lowest BCUT2D eigenvalue weighted by molar-refractivity contribution is -0.157. The molecule has 1 heterocycles. The molecule has 170 valence electrons. The van der Waals surface area contributed by atoms with Crippen molar-refractivity contribution >= 4 is 11.9 Å². The number of aromatic hydroxyl groups is 1. The third kappa shape index (κ3) is 3.54. The van der Waals surface area contributed by atoms with Crippen molar-refractivity contribution in [2.24, 2.45) is 17.3 Å². The van der Waals surface area contributed by atoms with Crippen LogP contribution in [0.3, 0.4) is 0 Å². The predicted octanol–water partition coefficient (Wildman–Crippen LogP) is 4.59. The van der Waals surface area contributed by atoms with E-state index in [1.54, 1.807) is 6.07 Å². The van der Waals surface area contributed by atoms with Crippen LogP contribution in [0, 0.1) is 17.3 Å². The van der Waals surface area contributed by atoms with Gasteiger partial charge in [0.15, 0.2) is 0 Å². The van der Waals surface area contributed by atoms with Crippen molar-refractivity contribution in [3.63, 3.8) is 0 Å². The van der Waals surface area contributed by atoms with Crippen molar-refractivity contribution in [2.45, 2.75) is 90.7 Å². The molecule has 2 fully saturated rings. The molecular weight excluding hydrogens is 390 g/mol. The Balaban J connectivity index is 1.51. The van der Waals surface area contributed by atoms with Crippen molar-refractivity contribution in [3.05, 3.63) is 29.3 Å². The molecule has 0 radical (unpaired) electrons. The van der Waals surface area contributed by atoms with Crippen LogP contribution in [0.15, 0.2) is 18.2 Å². The summed E-state index contributed by atoms with van der Waals surface area (Å²) in [5.74, 6) is 0.368. The fourth-order valence-electron chi connectivity index (χ4n) is 6.33. The highest BCUT2D eigenvalue weighted by Crippen LogP contribution is 2.57. The van der Waals surface area contributed by atoms with Crippen LogP contribution in [0.4, 0.5) is 0 Å². The Morgan fingerprint density at radius 3 is 2.39 bits per heavy atom. The highest BCUT2D eigenvalue weighted by atomic mass is 16.5. The molecular formula is C26H37NO4. The van der Waals surface area contributed by atoms with Gasteiger partial charge in [-0.1, -0.05) is 32.9 Å². The quantitative estimate of drug-likeness (QED) is 0.717. The molecule has 0 unspecified atom stereocenters. The Morgan fingerprint density at radius 1 is 1.10 bits per heavy atom. The SMILES string of the molecule is CC(C)OC(=O)C1CCC(C(=O)N2CC[C@@]3(C)c4cccc(O)c4C[C@H]2C3(C)C)CC1. The number of rotatable bonds is 3. The van der Waals surface area contributed by atoms with E-state index in [1.165, 1.54) is 5.56 Å². The highest BCUT2D eigenvalue weighted by molar-refractivity contribution is 5.80. The fraction of sp³-hybridized carbons (Fsp3) is 0.692. The molecule has 2 bridgehead atoms. The van der Waals surface area contributed by atoms with E-state index in [4.69, 9.17) is 4.74 Å². The van der Waals surface area contributed by atoms with Crippen molar-refractivity contribution in [1.29, 1.82) is 0 Å². The molecule has 3 aliphatic rings. The van der Waals surface area contributed by atoms with Gasteiger partial charge in [-0.25, -0.2) is 0 Å². The van der Waals surface area contributed by atoms with Gasteiger partial charge in [0.1, 0.15) is 5.75 Å². The molecule has 0 aromatic heterocycles. The molecule has 31 heavy (non-hydrogen) atoms. The standard InChI is InChI=1S/C26H37NO4/c1-16(2)31-24(30)18-11-9-17(10-12-18)23(29)27-14-13-26(5)20-7-6-8-21(28)19(20)15-22(27)25(26,3)4/h6-8,16-18,22,28H,9-15H2,1-5H3/t17?,18?,22-,26-/m0/s1. The Bertz CT molecular complexity index is 868. The number of ether oxygens (including phenoxy) is 1. The number of hydrogen-bond acceptors (Lipinski definition) is 4. The predicted molar refractivity (Wildman–Crippen MR) is 120 cm³/mol. The van der Waals surface area contributed by atoms with E-state index in [1.807, 2.05) is 19.9 Å². The van der Waals surface area contributed by atoms with Crippen molar-refractivity contribution in [1.82, 2.24) is 4.90 Å². The molecule has 5 nitrogen and oxygen atoms in total. The normalized spacial score (nSPS) is 31.8. The third-order valence-corrected chi connectivity index (χ3v) is 8.67. The minimum absolute atomic E-state index is 0.0194. The number of carbonyl (C=O) groups excluding carboxylic acids is 2. The van der Waals surface area contributed by atoms with Crippen LogP contribution in [0.25, 0.3) is 0 Å². The number of phenols is 1. The van der Waals surface area contributed by atoms with Crippen molar-refractivity contribution < 1.29 is 19.4 Å². The Kier molecular flexibility index (Phi) is 5.60. The molecule has 5 heteroatoms. The van der Waals surface area contributed by atoms with Crippen molar-refractivity contribution in [2.75, 3.05) is 6.54 Å². The molecule has 1 aromatic rings. The second kappa shape index (κ2) is 7.83. The number of carbonyl (C=O) groups is 2. The second-order valence-electron chi connectivity index (χ2n) is 10.9. The Labute approximate surface area is 186 Å². The van der Waals surface area contributed by atoms with Gasteiger partial charge >= 0.3 is 5.97 Å². The Hall–Kier alpha value is -2.04. The lowest BCUT2D eigenvalue weighted by atomic mass is 9.51. The summed E-state index contributed by atoms with van der Waals surface area (Å²) in [5.41, 5.74) is 2.09. The number of piperidine rings is 1. The number of hydrogen-bond donors (Lipinski definition) is 1. The van der Waals surface area contributed by atoms with Gasteiger partial charge in [0.05, 0.1) is 12.0 Å². The van der Waals surface area contributed by atoms with Gasteiger partial charge in [-0.05, 0) is 75.0 Å². The molecule has 2 aliphatic carbocycles. The number of benzene rings is 1. The Morgan fingerprint density at radius 2 is 1.74 bits per heavy atom. The number of esters is 1. The molecule has 1 amide bonds. The molecule has 0 spiro atoms. The maximum atomic E-state index is 13.6. The molecule has 1 aromatic carbocycles. The van der Waals surface area contributed by atoms with Crippen LogP contribution in [0.1, 0.15) is 77.8 Å². The van der Waals surface area contributed by atoms with Gasteiger partial charge in [-0.15, -0.1) is 0 Å². The minimum atomic E-state index is -0.116. The zero-order chi connectivity index (χ0) is 22.6. The first kappa shape index (κ1) is 22.2. The molecule has 2 atom stereocenters. The first-order valence-electron chi connectivity index (χ1n) is 11.9. The van der Waals surface area contributed by atoms with Gasteiger partial charge in [-0.2, -0.15) is 0 Å². The van der Waals surface area contributed by atoms with E-state index in [0.717, 1.165) is 44.2 Å². The van der Waals surface area contributed by atoms with Crippen LogP contribution in [-0.2, 0) is 26.2 Å². The van der Waals surface area contributed by atoms with Crippen molar-refractivity contribution in [3.8, 4) is 5.75 Å². The number of likely N-dealkylation sites (tertiary alicyclic amines) is 1. The fourth-order valence-corrected chi connectivity index (χ4v) is 6.33. The first-order valence-corrected chi connectivity index (χ1v) is 11.9. The summed E-state index contributed by atoms with van der Waals surface area (Å²) in [5, 5.41) is 10.6. The summed E-state index contributed by atoms with van der Waals surface area (Å²) in [7, 11) is 0. The maximum absolute atomic E-state index is 13.6. The largest absolute Gasteiger partial charge is 0.508 e. The van der Waals surface area contributed by atoms with E-state index >= 15 is 0 Å². The molecule has 1 aliphatic heterocycles. The summed E-state index contributed by atoms with van der Waals surface area (Å²) >= 11 is 0. The summed E-state index contributed by atoms with van der Waals surface area (Å²) in [6, 6.07) is 5.93. The molecule has 4 rings (SSSR count). The average molecular weight is 428 g/mol. The van der Waals surface area contributed by atoms with E-state index < -0.39 is 0 Å². The molecule has 1 saturated heterocycles. The van der Waals surface area contributed by atoms with Crippen LogP contribution in [0.2, 0.25) is 0 Å². The summed E-state index contributed by atoms with van der Waals surface area (Å²) in [4.78, 5) is 28.0.